The molecule has 1 aromatic rings. The van der Waals surface area contributed by atoms with Gasteiger partial charge >= 0.3 is 5.69 Å². The summed E-state index contributed by atoms with van der Waals surface area (Å²) in [5.41, 5.74) is -0.0923. The van der Waals surface area contributed by atoms with Crippen molar-refractivity contribution in [2.75, 3.05) is 13.2 Å². The van der Waals surface area contributed by atoms with Crippen molar-refractivity contribution < 1.29 is 9.66 Å². The van der Waals surface area contributed by atoms with Crippen molar-refractivity contribution in [1.29, 1.82) is 5.26 Å². The third-order valence-corrected chi connectivity index (χ3v) is 2.84. The fourth-order valence-electron chi connectivity index (χ4n) is 1.63. The van der Waals surface area contributed by atoms with Crippen molar-refractivity contribution in [2.24, 2.45) is 0 Å². The second-order valence-corrected chi connectivity index (χ2v) is 4.89. The minimum atomic E-state index is -0.867. The SMILES string of the molecule is CCCNC(C)(C#N)COc1cc(C)ccc1[N+](=O)[O-]. The molecule has 1 aromatic carbocycles. The zero-order valence-corrected chi connectivity index (χ0v) is 12.0. The smallest absolute Gasteiger partial charge is 0.310 e. The van der Waals surface area contributed by atoms with Crippen LogP contribution in [0.25, 0.3) is 0 Å². The number of rotatable bonds is 7. The number of nitriles is 1. The lowest BCUT2D eigenvalue weighted by molar-refractivity contribution is -0.385. The van der Waals surface area contributed by atoms with E-state index in [2.05, 4.69) is 11.4 Å². The quantitative estimate of drug-likeness (QED) is 0.611. The highest BCUT2D eigenvalue weighted by Crippen LogP contribution is 2.28. The first-order valence-corrected chi connectivity index (χ1v) is 6.46. The third kappa shape index (κ3) is 4.21. The average molecular weight is 277 g/mol. The Bertz CT molecular complexity index is 525. The van der Waals surface area contributed by atoms with Crippen molar-refractivity contribution in [3.63, 3.8) is 0 Å². The molecule has 0 saturated heterocycles. The molecule has 6 heteroatoms. The Kier molecular flexibility index (Phi) is 5.47. The number of nitrogens with one attached hydrogen (secondary N) is 1. The van der Waals surface area contributed by atoms with Gasteiger partial charge in [-0.05, 0) is 38.4 Å². The number of nitro benzene ring substituents is 1. The van der Waals surface area contributed by atoms with Gasteiger partial charge in [-0.2, -0.15) is 5.26 Å². The summed E-state index contributed by atoms with van der Waals surface area (Å²) in [6.07, 6.45) is 0.891. The zero-order valence-electron chi connectivity index (χ0n) is 12.0. The standard InChI is InChI=1S/C14H19N3O3/c1-4-7-16-14(3,9-15)10-20-13-8-11(2)5-6-12(13)17(18)19/h5-6,8,16H,4,7,10H2,1-3H3. The van der Waals surface area contributed by atoms with Gasteiger partial charge in [-0.3, -0.25) is 15.4 Å². The molecule has 1 N–H and O–H groups in total. The molecule has 6 nitrogen and oxygen atoms in total. The summed E-state index contributed by atoms with van der Waals surface area (Å²) < 4.78 is 5.51. The van der Waals surface area contributed by atoms with Gasteiger partial charge in [0.1, 0.15) is 12.1 Å². The predicted molar refractivity (Wildman–Crippen MR) is 75.6 cm³/mol. The maximum atomic E-state index is 10.9. The van der Waals surface area contributed by atoms with Gasteiger partial charge in [-0.15, -0.1) is 0 Å². The van der Waals surface area contributed by atoms with Crippen LogP contribution >= 0.6 is 0 Å². The van der Waals surface area contributed by atoms with Gasteiger partial charge in [-0.25, -0.2) is 0 Å². The minimum absolute atomic E-state index is 0.0494. The van der Waals surface area contributed by atoms with E-state index in [1.54, 1.807) is 19.1 Å². The highest BCUT2D eigenvalue weighted by molar-refractivity contribution is 5.48. The van der Waals surface area contributed by atoms with E-state index in [0.29, 0.717) is 6.54 Å². The summed E-state index contributed by atoms with van der Waals surface area (Å²) in [6.45, 7) is 6.27. The van der Waals surface area contributed by atoms with Crippen molar-refractivity contribution >= 4 is 5.69 Å². The van der Waals surface area contributed by atoms with Crippen LogP contribution < -0.4 is 10.1 Å². The maximum Gasteiger partial charge on any atom is 0.310 e. The molecular weight excluding hydrogens is 258 g/mol. The Morgan fingerprint density at radius 2 is 2.25 bits per heavy atom. The number of nitro groups is 1. The van der Waals surface area contributed by atoms with Gasteiger partial charge in [0.05, 0.1) is 11.0 Å². The number of aryl methyl sites for hydroxylation is 1. The van der Waals surface area contributed by atoms with Crippen LogP contribution in [0.5, 0.6) is 5.75 Å². The molecule has 0 aliphatic carbocycles. The Morgan fingerprint density at radius 3 is 2.80 bits per heavy atom. The van der Waals surface area contributed by atoms with Crippen molar-refractivity contribution in [3.05, 3.63) is 33.9 Å². The summed E-state index contributed by atoms with van der Waals surface area (Å²) in [4.78, 5) is 10.5. The molecule has 0 amide bonds. The van der Waals surface area contributed by atoms with E-state index in [4.69, 9.17) is 4.74 Å². The molecule has 0 spiro atoms. The van der Waals surface area contributed by atoms with E-state index in [-0.39, 0.29) is 18.0 Å². The first kappa shape index (κ1) is 15.9. The van der Waals surface area contributed by atoms with Gasteiger partial charge in [0.15, 0.2) is 5.75 Å². The van der Waals surface area contributed by atoms with E-state index in [1.807, 2.05) is 13.8 Å². The molecule has 20 heavy (non-hydrogen) atoms. The van der Waals surface area contributed by atoms with E-state index in [9.17, 15) is 15.4 Å². The van der Waals surface area contributed by atoms with Crippen molar-refractivity contribution in [1.82, 2.24) is 5.32 Å². The molecule has 1 atom stereocenters. The molecule has 108 valence electrons. The second-order valence-electron chi connectivity index (χ2n) is 4.89. The van der Waals surface area contributed by atoms with Gasteiger partial charge in [0, 0.05) is 6.07 Å². The molecule has 0 aliphatic heterocycles. The van der Waals surface area contributed by atoms with Crippen LogP contribution in [0.4, 0.5) is 5.69 Å². The maximum absolute atomic E-state index is 10.9. The fraction of sp³-hybridized carbons (Fsp3) is 0.500. The first-order chi connectivity index (χ1) is 9.41. The van der Waals surface area contributed by atoms with Crippen LogP contribution in [-0.4, -0.2) is 23.6 Å². The number of hydrogen-bond acceptors (Lipinski definition) is 5. The van der Waals surface area contributed by atoms with Gasteiger partial charge in [0.2, 0.25) is 0 Å². The zero-order chi connectivity index (χ0) is 15.2. The van der Waals surface area contributed by atoms with E-state index in [1.165, 1.54) is 6.07 Å². The van der Waals surface area contributed by atoms with E-state index >= 15 is 0 Å². The summed E-state index contributed by atoms with van der Waals surface area (Å²) in [5.74, 6) is 0.190. The lowest BCUT2D eigenvalue weighted by atomic mass is 10.1. The molecule has 0 aromatic heterocycles. The fourth-order valence-corrected chi connectivity index (χ4v) is 1.63. The summed E-state index contributed by atoms with van der Waals surface area (Å²) in [6, 6.07) is 6.81. The molecular formula is C14H19N3O3. The van der Waals surface area contributed by atoms with E-state index < -0.39 is 10.5 Å². The third-order valence-electron chi connectivity index (χ3n) is 2.84. The van der Waals surface area contributed by atoms with Crippen LogP contribution in [0.1, 0.15) is 25.8 Å². The molecule has 0 saturated carbocycles. The van der Waals surface area contributed by atoms with Gasteiger partial charge in [0.25, 0.3) is 0 Å². The summed E-state index contributed by atoms with van der Waals surface area (Å²) in [7, 11) is 0. The van der Waals surface area contributed by atoms with Crippen molar-refractivity contribution in [3.8, 4) is 11.8 Å². The van der Waals surface area contributed by atoms with Crippen LogP contribution in [-0.2, 0) is 0 Å². The van der Waals surface area contributed by atoms with Gasteiger partial charge < -0.3 is 4.74 Å². The van der Waals surface area contributed by atoms with E-state index in [0.717, 1.165) is 12.0 Å². The van der Waals surface area contributed by atoms with Gasteiger partial charge in [-0.1, -0.05) is 13.0 Å². The second kappa shape index (κ2) is 6.87. The lowest BCUT2D eigenvalue weighted by Gasteiger charge is -2.23. The van der Waals surface area contributed by atoms with Crippen molar-refractivity contribution in [2.45, 2.75) is 32.7 Å². The Hall–Kier alpha value is -2.13. The average Bonchev–Trinajstić information content (AvgIpc) is 2.42. The largest absolute Gasteiger partial charge is 0.484 e. The molecule has 0 aliphatic rings. The lowest BCUT2D eigenvalue weighted by Crippen LogP contribution is -2.46. The number of ether oxygens (including phenoxy) is 1. The monoisotopic (exact) mass is 277 g/mol. The predicted octanol–water partition coefficient (Wildman–Crippen LogP) is 2.56. The molecule has 1 unspecified atom stereocenters. The Labute approximate surface area is 118 Å². The number of benzene rings is 1. The Balaban J connectivity index is 2.85. The topological polar surface area (TPSA) is 88.2 Å². The number of nitrogens with zero attached hydrogens (tertiary/aromatic N) is 2. The molecule has 0 fully saturated rings. The highest BCUT2D eigenvalue weighted by atomic mass is 16.6. The summed E-state index contributed by atoms with van der Waals surface area (Å²) >= 11 is 0. The van der Waals surface area contributed by atoms with Crippen LogP contribution in [0.3, 0.4) is 0 Å². The number of hydrogen-bond donors (Lipinski definition) is 1. The molecule has 0 radical (unpaired) electrons. The highest BCUT2D eigenvalue weighted by Gasteiger charge is 2.25. The normalized spacial score (nSPS) is 13.3. The minimum Gasteiger partial charge on any atom is -0.484 e. The molecule has 0 bridgehead atoms. The molecule has 1 rings (SSSR count). The summed E-state index contributed by atoms with van der Waals surface area (Å²) in [5, 5.41) is 23.2. The van der Waals surface area contributed by atoms with Crippen LogP contribution in [0.15, 0.2) is 18.2 Å². The van der Waals surface area contributed by atoms with Crippen LogP contribution in [0.2, 0.25) is 0 Å². The first-order valence-electron chi connectivity index (χ1n) is 6.46. The Morgan fingerprint density at radius 1 is 1.55 bits per heavy atom. The molecule has 0 heterocycles. The van der Waals surface area contributed by atoms with Crippen LogP contribution in [0, 0.1) is 28.4 Å².